The van der Waals surface area contributed by atoms with Crippen molar-refractivity contribution in [2.24, 2.45) is 0 Å². The highest BCUT2D eigenvalue weighted by atomic mass is 28.2. The Kier molecular flexibility index (Phi) is 8.95. The summed E-state index contributed by atoms with van der Waals surface area (Å²) in [6.45, 7) is 4.40. The number of hydrogen-bond acceptors (Lipinski definition) is 1. The van der Waals surface area contributed by atoms with Crippen LogP contribution in [-0.4, -0.2) is 14.6 Å². The molecule has 12 heavy (non-hydrogen) atoms. The molecule has 0 heterocycles. The molecule has 0 saturated carbocycles. The van der Waals surface area contributed by atoms with Crippen LogP contribution >= 0.6 is 0 Å². The predicted molar refractivity (Wildman–Crippen MR) is 57.9 cm³/mol. The number of hydrogen-bond donors (Lipinski definition) is 1. The van der Waals surface area contributed by atoms with Crippen LogP contribution < -0.4 is 0 Å². The van der Waals surface area contributed by atoms with Gasteiger partial charge in [0.05, 0.1) is 0 Å². The fraction of sp³-hybridized carbons (Fsp3) is 0.800. The Morgan fingerprint density at radius 3 is 2.42 bits per heavy atom. The van der Waals surface area contributed by atoms with Crippen LogP contribution in [0.25, 0.3) is 0 Å². The van der Waals surface area contributed by atoms with Gasteiger partial charge in [-0.25, -0.2) is 0 Å². The molecule has 0 bridgehead atoms. The maximum absolute atomic E-state index is 9.12. The summed E-state index contributed by atoms with van der Waals surface area (Å²) < 4.78 is 0. The van der Waals surface area contributed by atoms with Crippen molar-refractivity contribution in [2.75, 3.05) is 0 Å². The molecule has 0 aromatic heterocycles. The molecule has 0 radical (unpaired) electrons. The smallest absolute Gasteiger partial charge is 0.183 e. The molecule has 0 aliphatic heterocycles. The summed E-state index contributed by atoms with van der Waals surface area (Å²) in [7, 11) is -0.859. The molecule has 0 aliphatic carbocycles. The van der Waals surface area contributed by atoms with Crippen molar-refractivity contribution in [3.63, 3.8) is 0 Å². The number of unbranched alkanes of at least 4 members (excludes halogenated alkanes) is 3. The molecule has 0 aromatic carbocycles. The minimum atomic E-state index is -0.859. The van der Waals surface area contributed by atoms with Crippen molar-refractivity contribution in [3.05, 3.63) is 11.3 Å². The van der Waals surface area contributed by atoms with E-state index in [0.717, 1.165) is 6.42 Å². The van der Waals surface area contributed by atoms with Crippen molar-refractivity contribution in [1.29, 1.82) is 0 Å². The summed E-state index contributed by atoms with van der Waals surface area (Å²) in [5.41, 5.74) is 0. The molecule has 1 N–H and O–H groups in total. The Hall–Kier alpha value is -0.0831. The molecule has 0 aromatic rings. The second-order valence-electron chi connectivity index (χ2n) is 3.27. The second-order valence-corrected chi connectivity index (χ2v) is 4.49. The Bertz CT molecular complexity index is 121. The number of allylic oxidation sites excluding steroid dienone is 2. The van der Waals surface area contributed by atoms with Crippen LogP contribution in [-0.2, 0) is 0 Å². The molecular formula is C10H22OSi. The van der Waals surface area contributed by atoms with Crippen LogP contribution in [0.15, 0.2) is 11.3 Å². The fourth-order valence-electron chi connectivity index (χ4n) is 1.16. The van der Waals surface area contributed by atoms with E-state index in [-0.39, 0.29) is 0 Å². The van der Waals surface area contributed by atoms with E-state index in [2.05, 4.69) is 19.9 Å². The third-order valence-electron chi connectivity index (χ3n) is 2.05. The molecule has 0 unspecified atom stereocenters. The molecule has 72 valence electrons. The van der Waals surface area contributed by atoms with Gasteiger partial charge in [-0.1, -0.05) is 50.8 Å². The Balaban J connectivity index is 3.55. The zero-order valence-electron chi connectivity index (χ0n) is 8.47. The van der Waals surface area contributed by atoms with Gasteiger partial charge >= 0.3 is 0 Å². The van der Waals surface area contributed by atoms with Gasteiger partial charge in [0.25, 0.3) is 0 Å². The van der Waals surface area contributed by atoms with Crippen molar-refractivity contribution in [2.45, 2.75) is 52.4 Å². The van der Waals surface area contributed by atoms with Gasteiger partial charge in [0.1, 0.15) is 0 Å². The monoisotopic (exact) mass is 186 g/mol. The maximum atomic E-state index is 9.12. The molecule has 0 spiro atoms. The Morgan fingerprint density at radius 1 is 1.25 bits per heavy atom. The topological polar surface area (TPSA) is 20.2 Å². The third kappa shape index (κ3) is 6.62. The van der Waals surface area contributed by atoms with Crippen LogP contribution in [0.2, 0.25) is 0 Å². The van der Waals surface area contributed by atoms with E-state index in [9.17, 15) is 0 Å². The van der Waals surface area contributed by atoms with E-state index in [1.165, 1.54) is 37.3 Å². The normalized spacial score (nSPS) is 13.1. The van der Waals surface area contributed by atoms with E-state index in [1.54, 1.807) is 0 Å². The average molecular weight is 186 g/mol. The molecule has 1 nitrogen and oxygen atoms in total. The number of rotatable bonds is 7. The van der Waals surface area contributed by atoms with E-state index in [4.69, 9.17) is 4.80 Å². The lowest BCUT2D eigenvalue weighted by atomic mass is 10.2. The van der Waals surface area contributed by atoms with Crippen LogP contribution in [0.4, 0.5) is 0 Å². The van der Waals surface area contributed by atoms with E-state index >= 15 is 0 Å². The predicted octanol–water partition coefficient (Wildman–Crippen LogP) is 2.33. The van der Waals surface area contributed by atoms with Gasteiger partial charge in [-0.2, -0.15) is 0 Å². The van der Waals surface area contributed by atoms with Crippen molar-refractivity contribution in [3.8, 4) is 0 Å². The molecular weight excluding hydrogens is 164 g/mol. The largest absolute Gasteiger partial charge is 0.434 e. The van der Waals surface area contributed by atoms with Crippen LogP contribution in [0.3, 0.4) is 0 Å². The van der Waals surface area contributed by atoms with Crippen molar-refractivity contribution in [1.82, 2.24) is 0 Å². The molecule has 0 aliphatic rings. The fourth-order valence-corrected chi connectivity index (χ4v) is 1.90. The molecule has 0 atom stereocenters. The lowest BCUT2D eigenvalue weighted by Crippen LogP contribution is -1.95. The first-order chi connectivity index (χ1) is 5.85. The summed E-state index contributed by atoms with van der Waals surface area (Å²) in [5.74, 6) is 0. The van der Waals surface area contributed by atoms with Gasteiger partial charge in [-0.3, -0.25) is 0 Å². The van der Waals surface area contributed by atoms with Gasteiger partial charge in [-0.15, -0.1) is 0 Å². The summed E-state index contributed by atoms with van der Waals surface area (Å²) >= 11 is 0. The zero-order chi connectivity index (χ0) is 9.23. The van der Waals surface area contributed by atoms with Gasteiger partial charge < -0.3 is 4.80 Å². The lowest BCUT2D eigenvalue weighted by Gasteiger charge is -2.01. The van der Waals surface area contributed by atoms with Gasteiger partial charge in [0, 0.05) is 0 Å². The lowest BCUT2D eigenvalue weighted by molar-refractivity contribution is 0.605. The second kappa shape index (κ2) is 9.01. The molecule has 0 amide bonds. The molecule has 0 rings (SSSR count). The average Bonchev–Trinajstić information content (AvgIpc) is 2.11. The van der Waals surface area contributed by atoms with Gasteiger partial charge in [0.2, 0.25) is 0 Å². The maximum Gasteiger partial charge on any atom is 0.183 e. The summed E-state index contributed by atoms with van der Waals surface area (Å²) in [5, 5.41) is 1.37. The minimum Gasteiger partial charge on any atom is -0.434 e. The van der Waals surface area contributed by atoms with E-state index < -0.39 is 9.76 Å². The van der Waals surface area contributed by atoms with Crippen LogP contribution in [0, 0.1) is 0 Å². The summed E-state index contributed by atoms with van der Waals surface area (Å²) in [4.78, 5) is 9.12. The first kappa shape index (κ1) is 11.9. The summed E-state index contributed by atoms with van der Waals surface area (Å²) in [6, 6.07) is 0. The van der Waals surface area contributed by atoms with Crippen LogP contribution in [0.1, 0.15) is 52.4 Å². The highest BCUT2D eigenvalue weighted by Crippen LogP contribution is 2.07. The molecule has 0 fully saturated rings. The first-order valence-corrected chi connectivity index (χ1v) is 6.47. The SMILES string of the molecule is CCCCC=C(CCCC)[SiH2]O. The first-order valence-electron chi connectivity index (χ1n) is 5.13. The third-order valence-corrected chi connectivity index (χ3v) is 3.09. The Morgan fingerprint density at radius 2 is 1.92 bits per heavy atom. The van der Waals surface area contributed by atoms with Gasteiger partial charge in [-0.05, 0) is 12.8 Å². The van der Waals surface area contributed by atoms with Crippen LogP contribution in [0.5, 0.6) is 0 Å². The zero-order valence-corrected chi connectivity index (χ0v) is 9.89. The summed E-state index contributed by atoms with van der Waals surface area (Å²) in [6.07, 6.45) is 9.58. The molecule has 0 saturated heterocycles. The standard InChI is InChI=1S/C10H22OSi/c1-3-5-7-9-10(12-11)8-6-4-2/h9,11H,3-8,12H2,1-2H3. The highest BCUT2D eigenvalue weighted by Gasteiger charge is 1.94. The van der Waals surface area contributed by atoms with Gasteiger partial charge in [0.15, 0.2) is 9.76 Å². The van der Waals surface area contributed by atoms with Crippen molar-refractivity contribution < 1.29 is 4.80 Å². The van der Waals surface area contributed by atoms with E-state index in [1.807, 2.05) is 0 Å². The highest BCUT2D eigenvalue weighted by molar-refractivity contribution is 6.36. The minimum absolute atomic E-state index is 0.859. The molecule has 2 heteroatoms. The quantitative estimate of drug-likeness (QED) is 0.478. The van der Waals surface area contributed by atoms with E-state index in [0.29, 0.717) is 0 Å². The van der Waals surface area contributed by atoms with Crippen molar-refractivity contribution >= 4 is 9.76 Å². The Labute approximate surface area is 78.8 Å².